The quantitative estimate of drug-likeness (QED) is 0.796. The molecule has 2 heterocycles. The van der Waals surface area contributed by atoms with E-state index in [0.717, 1.165) is 17.2 Å². The molecule has 0 fully saturated rings. The molecule has 3 rings (SSSR count). The molecule has 0 aliphatic carbocycles. The predicted molar refractivity (Wildman–Crippen MR) is 75.8 cm³/mol. The molecule has 0 amide bonds. The van der Waals surface area contributed by atoms with Crippen molar-refractivity contribution in [3.63, 3.8) is 0 Å². The number of aromatic nitrogens is 3. The highest BCUT2D eigenvalue weighted by atomic mass is 32.2. The number of rotatable bonds is 3. The van der Waals surface area contributed by atoms with Crippen LogP contribution in [0.3, 0.4) is 0 Å². The highest BCUT2D eigenvalue weighted by Gasteiger charge is 2.07. The summed E-state index contributed by atoms with van der Waals surface area (Å²) in [6.45, 7) is 0. The Morgan fingerprint density at radius 3 is 2.50 bits per heavy atom. The van der Waals surface area contributed by atoms with Crippen LogP contribution < -0.4 is 5.32 Å². The van der Waals surface area contributed by atoms with Gasteiger partial charge in [-0.2, -0.15) is 9.61 Å². The maximum atomic E-state index is 11.4. The Balaban J connectivity index is 1.93. The van der Waals surface area contributed by atoms with Crippen molar-refractivity contribution in [2.24, 2.45) is 0 Å². The van der Waals surface area contributed by atoms with Crippen LogP contribution in [-0.4, -0.2) is 29.3 Å². The number of sulfone groups is 1. The zero-order chi connectivity index (χ0) is 14.2. The lowest BCUT2D eigenvalue weighted by Gasteiger charge is -2.08. The van der Waals surface area contributed by atoms with Crippen molar-refractivity contribution in [3.8, 4) is 0 Å². The molecule has 7 heteroatoms. The van der Waals surface area contributed by atoms with Gasteiger partial charge in [-0.1, -0.05) is 0 Å². The Hall–Kier alpha value is -2.41. The molecule has 0 saturated heterocycles. The first-order chi connectivity index (χ1) is 9.54. The molecule has 20 heavy (non-hydrogen) atoms. The van der Waals surface area contributed by atoms with Crippen molar-refractivity contribution in [1.29, 1.82) is 0 Å². The first kappa shape index (κ1) is 12.6. The minimum absolute atomic E-state index is 0.294. The second kappa shape index (κ2) is 4.61. The van der Waals surface area contributed by atoms with Crippen LogP contribution in [0.2, 0.25) is 0 Å². The first-order valence-corrected chi connectivity index (χ1v) is 7.79. The van der Waals surface area contributed by atoms with Crippen LogP contribution in [0.15, 0.2) is 53.7 Å². The molecule has 0 bridgehead atoms. The summed E-state index contributed by atoms with van der Waals surface area (Å²) in [4.78, 5) is 4.46. The van der Waals surface area contributed by atoms with Gasteiger partial charge in [0.25, 0.3) is 0 Å². The van der Waals surface area contributed by atoms with Gasteiger partial charge in [0, 0.05) is 24.2 Å². The van der Waals surface area contributed by atoms with Gasteiger partial charge >= 0.3 is 0 Å². The lowest BCUT2D eigenvalue weighted by Crippen LogP contribution is -2.01. The van der Waals surface area contributed by atoms with E-state index in [1.807, 2.05) is 0 Å². The molecule has 0 unspecified atom stereocenters. The highest BCUT2D eigenvalue weighted by molar-refractivity contribution is 7.90. The highest BCUT2D eigenvalue weighted by Crippen LogP contribution is 2.18. The summed E-state index contributed by atoms with van der Waals surface area (Å²) in [5.74, 6) is 0.757. The molecule has 0 aliphatic rings. The molecule has 0 atom stereocenters. The van der Waals surface area contributed by atoms with Gasteiger partial charge < -0.3 is 5.32 Å². The summed E-state index contributed by atoms with van der Waals surface area (Å²) < 4.78 is 24.5. The van der Waals surface area contributed by atoms with Gasteiger partial charge in [0.2, 0.25) is 0 Å². The van der Waals surface area contributed by atoms with Crippen molar-refractivity contribution in [3.05, 3.63) is 48.8 Å². The fraction of sp³-hybridized carbons (Fsp3) is 0.0769. The molecule has 3 aromatic rings. The predicted octanol–water partition coefficient (Wildman–Crippen LogP) is 1.88. The molecule has 0 saturated carbocycles. The van der Waals surface area contributed by atoms with Crippen LogP contribution in [0.5, 0.6) is 0 Å². The van der Waals surface area contributed by atoms with E-state index in [9.17, 15) is 8.42 Å². The van der Waals surface area contributed by atoms with Crippen LogP contribution >= 0.6 is 0 Å². The normalized spacial score (nSPS) is 11.7. The second-order valence-electron chi connectivity index (χ2n) is 4.35. The number of hydrogen-bond donors (Lipinski definition) is 1. The standard InChI is InChI=1S/C13H12N4O2S/c1-20(18,19)11-4-2-10(3-5-11)16-13-6-8-14-12-7-9-15-17(12)13/h2-9,16H,1H3. The largest absolute Gasteiger partial charge is 0.340 e. The summed E-state index contributed by atoms with van der Waals surface area (Å²) >= 11 is 0. The number of hydrogen-bond acceptors (Lipinski definition) is 5. The number of benzene rings is 1. The van der Waals surface area contributed by atoms with Crippen molar-refractivity contribution in [1.82, 2.24) is 14.6 Å². The maximum Gasteiger partial charge on any atom is 0.175 e. The molecule has 1 N–H and O–H groups in total. The Morgan fingerprint density at radius 1 is 1.05 bits per heavy atom. The average molecular weight is 288 g/mol. The van der Waals surface area contributed by atoms with Gasteiger partial charge in [-0.15, -0.1) is 0 Å². The van der Waals surface area contributed by atoms with Crippen molar-refractivity contribution < 1.29 is 8.42 Å². The van der Waals surface area contributed by atoms with E-state index in [4.69, 9.17) is 0 Å². The Bertz CT molecular complexity index is 853. The third kappa shape index (κ3) is 2.35. The lowest BCUT2D eigenvalue weighted by atomic mass is 10.3. The van der Waals surface area contributed by atoms with Crippen LogP contribution in [0, 0.1) is 0 Å². The lowest BCUT2D eigenvalue weighted by molar-refractivity contribution is 0.602. The number of nitrogens with one attached hydrogen (secondary N) is 1. The van der Waals surface area contributed by atoms with E-state index < -0.39 is 9.84 Å². The van der Waals surface area contributed by atoms with Gasteiger partial charge in [0.15, 0.2) is 15.5 Å². The van der Waals surface area contributed by atoms with E-state index in [1.165, 1.54) is 6.26 Å². The summed E-state index contributed by atoms with van der Waals surface area (Å²) in [5, 5.41) is 7.34. The molecule has 0 radical (unpaired) electrons. The third-order valence-corrected chi connectivity index (χ3v) is 3.97. The zero-order valence-corrected chi connectivity index (χ0v) is 11.5. The topological polar surface area (TPSA) is 76.4 Å². The number of fused-ring (bicyclic) bond motifs is 1. The molecular formula is C13H12N4O2S. The smallest absolute Gasteiger partial charge is 0.175 e. The zero-order valence-electron chi connectivity index (χ0n) is 10.7. The van der Waals surface area contributed by atoms with E-state index in [0.29, 0.717) is 4.90 Å². The van der Waals surface area contributed by atoms with Gasteiger partial charge in [-0.25, -0.2) is 13.4 Å². The maximum absolute atomic E-state index is 11.4. The minimum Gasteiger partial charge on any atom is -0.340 e. The summed E-state index contributed by atoms with van der Waals surface area (Å²) in [7, 11) is -3.17. The molecule has 102 valence electrons. The molecular weight excluding hydrogens is 276 g/mol. The van der Waals surface area contributed by atoms with Crippen molar-refractivity contribution in [2.45, 2.75) is 4.90 Å². The SMILES string of the molecule is CS(=O)(=O)c1ccc(Nc2ccnc3ccnn23)cc1. The van der Waals surface area contributed by atoms with Crippen LogP contribution in [-0.2, 0) is 9.84 Å². The summed E-state index contributed by atoms with van der Waals surface area (Å²) in [6.07, 6.45) is 4.54. The summed E-state index contributed by atoms with van der Waals surface area (Å²) in [5.41, 5.74) is 1.52. The molecule has 0 aliphatic heterocycles. The minimum atomic E-state index is -3.17. The fourth-order valence-electron chi connectivity index (χ4n) is 1.86. The van der Waals surface area contributed by atoms with Crippen LogP contribution in [0.4, 0.5) is 11.5 Å². The Kier molecular flexibility index (Phi) is 2.90. The Labute approximate surface area is 116 Å². The molecule has 6 nitrogen and oxygen atoms in total. The van der Waals surface area contributed by atoms with Crippen LogP contribution in [0.25, 0.3) is 5.65 Å². The molecule has 1 aromatic carbocycles. The number of anilines is 2. The second-order valence-corrected chi connectivity index (χ2v) is 6.37. The monoisotopic (exact) mass is 288 g/mol. The number of nitrogens with zero attached hydrogens (tertiary/aromatic N) is 3. The van der Waals surface area contributed by atoms with Crippen molar-refractivity contribution >= 4 is 27.0 Å². The summed E-state index contributed by atoms with van der Waals surface area (Å²) in [6, 6.07) is 10.2. The molecule has 2 aromatic heterocycles. The van der Waals surface area contributed by atoms with E-state index in [-0.39, 0.29) is 0 Å². The van der Waals surface area contributed by atoms with Gasteiger partial charge in [-0.05, 0) is 30.3 Å². The van der Waals surface area contributed by atoms with E-state index >= 15 is 0 Å². The van der Waals surface area contributed by atoms with Gasteiger partial charge in [-0.3, -0.25) is 0 Å². The fourth-order valence-corrected chi connectivity index (χ4v) is 2.49. The first-order valence-electron chi connectivity index (χ1n) is 5.90. The average Bonchev–Trinajstić information content (AvgIpc) is 2.88. The van der Waals surface area contributed by atoms with Gasteiger partial charge in [0.05, 0.1) is 11.1 Å². The molecule has 0 spiro atoms. The van der Waals surface area contributed by atoms with Gasteiger partial charge in [0.1, 0.15) is 5.82 Å². The van der Waals surface area contributed by atoms with E-state index in [2.05, 4.69) is 15.4 Å². The third-order valence-electron chi connectivity index (χ3n) is 2.85. The van der Waals surface area contributed by atoms with E-state index in [1.54, 1.807) is 53.3 Å². The Morgan fingerprint density at radius 2 is 1.80 bits per heavy atom. The van der Waals surface area contributed by atoms with Crippen molar-refractivity contribution in [2.75, 3.05) is 11.6 Å². The van der Waals surface area contributed by atoms with Crippen LogP contribution in [0.1, 0.15) is 0 Å².